The van der Waals surface area contributed by atoms with Crippen molar-refractivity contribution in [2.75, 3.05) is 6.61 Å². The molecule has 2 atom stereocenters. The first-order valence-electron chi connectivity index (χ1n) is 7.16. The first-order chi connectivity index (χ1) is 9.75. The molecule has 0 N–H and O–H groups in total. The minimum Gasteiger partial charge on any atom is -0.347 e. The van der Waals surface area contributed by atoms with Gasteiger partial charge in [-0.3, -0.25) is 0 Å². The standard InChI is InChI=1S/C18H20O2/c1-18(13-12-15-8-4-2-5-9-15)19-14-17(20-18)16-10-6-3-7-11-16/h2-11,17H,12-14H2,1H3/t17-,18-/m0/s1. The second-order valence-electron chi connectivity index (χ2n) is 5.45. The molecule has 2 nitrogen and oxygen atoms in total. The van der Waals surface area contributed by atoms with E-state index in [-0.39, 0.29) is 6.10 Å². The lowest BCUT2D eigenvalue weighted by atomic mass is 10.1. The third-order valence-corrected chi connectivity index (χ3v) is 3.81. The lowest BCUT2D eigenvalue weighted by molar-refractivity contribution is -0.158. The van der Waals surface area contributed by atoms with Crippen molar-refractivity contribution in [1.29, 1.82) is 0 Å². The fraction of sp³-hybridized carbons (Fsp3) is 0.333. The first kappa shape index (κ1) is 13.3. The van der Waals surface area contributed by atoms with Crippen molar-refractivity contribution < 1.29 is 9.47 Å². The normalized spacial score (nSPS) is 25.8. The summed E-state index contributed by atoms with van der Waals surface area (Å²) in [6.45, 7) is 2.67. The molecule has 3 rings (SSSR count). The van der Waals surface area contributed by atoms with E-state index in [0.717, 1.165) is 12.8 Å². The average molecular weight is 268 g/mol. The Hall–Kier alpha value is -1.64. The van der Waals surface area contributed by atoms with Crippen LogP contribution in [0.25, 0.3) is 0 Å². The molecular formula is C18H20O2. The van der Waals surface area contributed by atoms with Crippen LogP contribution >= 0.6 is 0 Å². The first-order valence-corrected chi connectivity index (χ1v) is 7.16. The van der Waals surface area contributed by atoms with E-state index in [0.29, 0.717) is 6.61 Å². The summed E-state index contributed by atoms with van der Waals surface area (Å²) in [5.74, 6) is -0.476. The Bertz CT molecular complexity index is 538. The molecular weight excluding hydrogens is 248 g/mol. The van der Waals surface area contributed by atoms with E-state index in [2.05, 4.69) is 36.4 Å². The van der Waals surface area contributed by atoms with Gasteiger partial charge in [0.15, 0.2) is 5.79 Å². The number of aryl methyl sites for hydroxylation is 1. The summed E-state index contributed by atoms with van der Waals surface area (Å²) in [6.07, 6.45) is 1.90. The highest BCUT2D eigenvalue weighted by atomic mass is 16.7. The summed E-state index contributed by atoms with van der Waals surface area (Å²) >= 11 is 0. The second-order valence-corrected chi connectivity index (χ2v) is 5.45. The molecule has 2 heteroatoms. The van der Waals surface area contributed by atoms with Gasteiger partial charge < -0.3 is 9.47 Å². The summed E-state index contributed by atoms with van der Waals surface area (Å²) in [7, 11) is 0. The maximum absolute atomic E-state index is 6.13. The van der Waals surface area contributed by atoms with Gasteiger partial charge in [-0.25, -0.2) is 0 Å². The van der Waals surface area contributed by atoms with E-state index < -0.39 is 5.79 Å². The van der Waals surface area contributed by atoms with Gasteiger partial charge in [0.25, 0.3) is 0 Å². The van der Waals surface area contributed by atoms with Crippen LogP contribution < -0.4 is 0 Å². The Kier molecular flexibility index (Phi) is 3.86. The van der Waals surface area contributed by atoms with Gasteiger partial charge in [0.1, 0.15) is 6.10 Å². The predicted molar refractivity (Wildman–Crippen MR) is 79.4 cm³/mol. The van der Waals surface area contributed by atoms with Crippen molar-refractivity contribution in [1.82, 2.24) is 0 Å². The van der Waals surface area contributed by atoms with Crippen LogP contribution in [0.2, 0.25) is 0 Å². The molecule has 1 fully saturated rings. The van der Waals surface area contributed by atoms with Crippen molar-refractivity contribution in [3.8, 4) is 0 Å². The van der Waals surface area contributed by atoms with E-state index in [1.807, 2.05) is 31.2 Å². The molecule has 0 spiro atoms. The molecule has 1 aliphatic rings. The molecule has 2 aromatic carbocycles. The van der Waals surface area contributed by atoms with Crippen molar-refractivity contribution >= 4 is 0 Å². The van der Waals surface area contributed by atoms with Gasteiger partial charge in [-0.2, -0.15) is 0 Å². The van der Waals surface area contributed by atoms with Gasteiger partial charge in [-0.15, -0.1) is 0 Å². The van der Waals surface area contributed by atoms with Crippen molar-refractivity contribution in [2.24, 2.45) is 0 Å². The third kappa shape index (κ3) is 3.09. The molecule has 0 aromatic heterocycles. The zero-order chi connectivity index (χ0) is 13.8. The van der Waals surface area contributed by atoms with Gasteiger partial charge in [-0.05, 0) is 24.5 Å². The highest BCUT2D eigenvalue weighted by molar-refractivity contribution is 5.19. The Balaban J connectivity index is 1.61. The number of hydrogen-bond acceptors (Lipinski definition) is 2. The number of rotatable bonds is 4. The molecule has 20 heavy (non-hydrogen) atoms. The molecule has 0 radical (unpaired) electrons. The average Bonchev–Trinajstić information content (AvgIpc) is 2.90. The van der Waals surface area contributed by atoms with Gasteiger partial charge in [0, 0.05) is 6.42 Å². The smallest absolute Gasteiger partial charge is 0.166 e. The van der Waals surface area contributed by atoms with Crippen LogP contribution in [0.5, 0.6) is 0 Å². The predicted octanol–water partition coefficient (Wildman–Crippen LogP) is 4.12. The molecule has 0 amide bonds. The second kappa shape index (κ2) is 5.78. The highest BCUT2D eigenvalue weighted by Crippen LogP contribution is 2.35. The third-order valence-electron chi connectivity index (χ3n) is 3.81. The molecule has 0 unspecified atom stereocenters. The fourth-order valence-electron chi connectivity index (χ4n) is 2.60. The lowest BCUT2D eigenvalue weighted by Gasteiger charge is -2.23. The Labute approximate surface area is 120 Å². The largest absolute Gasteiger partial charge is 0.347 e. The van der Waals surface area contributed by atoms with E-state index in [4.69, 9.17) is 9.47 Å². The molecule has 0 bridgehead atoms. The number of ether oxygens (including phenoxy) is 2. The van der Waals surface area contributed by atoms with Crippen LogP contribution in [0.1, 0.15) is 30.6 Å². The van der Waals surface area contributed by atoms with E-state index in [1.54, 1.807) is 0 Å². The minimum atomic E-state index is -0.476. The molecule has 1 heterocycles. The Morgan fingerprint density at radius 2 is 1.65 bits per heavy atom. The SMILES string of the molecule is C[C@]1(CCc2ccccc2)OC[C@@H](c2ccccc2)O1. The van der Waals surface area contributed by atoms with Crippen LogP contribution in [0, 0.1) is 0 Å². The number of hydrogen-bond donors (Lipinski definition) is 0. The monoisotopic (exact) mass is 268 g/mol. The molecule has 2 aromatic rings. The maximum Gasteiger partial charge on any atom is 0.166 e. The molecule has 1 aliphatic heterocycles. The van der Waals surface area contributed by atoms with E-state index in [1.165, 1.54) is 11.1 Å². The van der Waals surface area contributed by atoms with Crippen molar-refractivity contribution in [3.63, 3.8) is 0 Å². The quantitative estimate of drug-likeness (QED) is 0.830. The van der Waals surface area contributed by atoms with Crippen molar-refractivity contribution in [3.05, 3.63) is 71.8 Å². The summed E-state index contributed by atoms with van der Waals surface area (Å²) in [6, 6.07) is 20.8. The minimum absolute atomic E-state index is 0.0528. The molecule has 0 saturated carbocycles. The van der Waals surface area contributed by atoms with Gasteiger partial charge in [-0.1, -0.05) is 60.7 Å². The van der Waals surface area contributed by atoms with Crippen LogP contribution in [0.3, 0.4) is 0 Å². The van der Waals surface area contributed by atoms with Crippen molar-refractivity contribution in [2.45, 2.75) is 31.7 Å². The zero-order valence-corrected chi connectivity index (χ0v) is 11.8. The van der Waals surface area contributed by atoms with E-state index in [9.17, 15) is 0 Å². The van der Waals surface area contributed by atoms with Crippen LogP contribution in [0.4, 0.5) is 0 Å². The summed E-state index contributed by atoms with van der Waals surface area (Å²) in [4.78, 5) is 0. The molecule has 104 valence electrons. The van der Waals surface area contributed by atoms with Gasteiger partial charge in [0.05, 0.1) is 6.61 Å². The van der Waals surface area contributed by atoms with Crippen LogP contribution in [0.15, 0.2) is 60.7 Å². The maximum atomic E-state index is 6.13. The van der Waals surface area contributed by atoms with Crippen LogP contribution in [-0.4, -0.2) is 12.4 Å². The Morgan fingerprint density at radius 3 is 2.35 bits per heavy atom. The summed E-state index contributed by atoms with van der Waals surface area (Å²) < 4.78 is 12.0. The van der Waals surface area contributed by atoms with Crippen LogP contribution in [-0.2, 0) is 15.9 Å². The van der Waals surface area contributed by atoms with Gasteiger partial charge >= 0.3 is 0 Å². The highest BCUT2D eigenvalue weighted by Gasteiger charge is 2.37. The summed E-state index contributed by atoms with van der Waals surface area (Å²) in [5, 5.41) is 0. The topological polar surface area (TPSA) is 18.5 Å². The lowest BCUT2D eigenvalue weighted by Crippen LogP contribution is -2.26. The van der Waals surface area contributed by atoms with E-state index >= 15 is 0 Å². The summed E-state index contributed by atoms with van der Waals surface area (Å²) in [5.41, 5.74) is 2.51. The Morgan fingerprint density at radius 1 is 1.00 bits per heavy atom. The molecule has 0 aliphatic carbocycles. The zero-order valence-electron chi connectivity index (χ0n) is 11.8. The fourth-order valence-corrected chi connectivity index (χ4v) is 2.60. The number of benzene rings is 2. The molecule has 1 saturated heterocycles. The van der Waals surface area contributed by atoms with Gasteiger partial charge in [0.2, 0.25) is 0 Å².